The normalized spacial score (nSPS) is 31.8. The summed E-state index contributed by atoms with van der Waals surface area (Å²) in [6.45, 7) is 0. The van der Waals surface area contributed by atoms with E-state index in [1.54, 1.807) is 0 Å². The molecule has 168 valence electrons. The van der Waals surface area contributed by atoms with Crippen LogP contribution in [0.5, 0.6) is 0 Å². The van der Waals surface area contributed by atoms with E-state index in [0.29, 0.717) is 33.0 Å². The van der Waals surface area contributed by atoms with E-state index in [1.165, 1.54) is 23.5 Å². The van der Waals surface area contributed by atoms with Crippen LogP contribution < -0.4 is 10.6 Å². The largest absolute Gasteiger partial charge is 0.317 e. The van der Waals surface area contributed by atoms with Gasteiger partial charge in [0.1, 0.15) is 0 Å². The Morgan fingerprint density at radius 1 is 0.719 bits per heavy atom. The molecule has 5 heterocycles. The highest BCUT2D eigenvalue weighted by Crippen LogP contribution is 2.37. The number of sulfone groups is 2. The Kier molecular flexibility index (Phi) is 4.72. The number of thioether (sulfide) groups is 2. The Morgan fingerprint density at radius 2 is 1.16 bits per heavy atom. The molecule has 1 aromatic carbocycles. The minimum atomic E-state index is -3.03. The Bertz CT molecular complexity index is 1300. The molecule has 4 aliphatic rings. The van der Waals surface area contributed by atoms with Crippen molar-refractivity contribution in [2.75, 3.05) is 33.6 Å². The van der Waals surface area contributed by atoms with Gasteiger partial charge in [-0.2, -0.15) is 0 Å². The number of nitrogens with zero attached hydrogens (tertiary/aromatic N) is 4. The summed E-state index contributed by atoms with van der Waals surface area (Å²) >= 11 is 2.82. The summed E-state index contributed by atoms with van der Waals surface area (Å²) in [5, 5.41) is 7.51. The zero-order valence-electron chi connectivity index (χ0n) is 16.5. The van der Waals surface area contributed by atoms with E-state index < -0.39 is 19.7 Å². The fourth-order valence-corrected chi connectivity index (χ4v) is 11.5. The minimum absolute atomic E-state index is 0.0729. The second-order valence-corrected chi connectivity index (χ2v) is 14.9. The van der Waals surface area contributed by atoms with E-state index in [4.69, 9.17) is 0 Å². The number of nitrogens with one attached hydrogen (secondary N) is 2. The van der Waals surface area contributed by atoms with Crippen LogP contribution in [0.2, 0.25) is 0 Å². The van der Waals surface area contributed by atoms with Crippen LogP contribution in [0.15, 0.2) is 34.3 Å². The molecule has 32 heavy (non-hydrogen) atoms. The average molecular weight is 511 g/mol. The van der Waals surface area contributed by atoms with Gasteiger partial charge in [0.2, 0.25) is 0 Å². The van der Waals surface area contributed by atoms with Gasteiger partial charge in [-0.25, -0.2) is 26.8 Å². The van der Waals surface area contributed by atoms with Crippen molar-refractivity contribution in [1.29, 1.82) is 0 Å². The van der Waals surface area contributed by atoms with Gasteiger partial charge in [-0.1, -0.05) is 35.7 Å². The summed E-state index contributed by atoms with van der Waals surface area (Å²) < 4.78 is 47.3. The Hall–Kier alpha value is -1.90. The molecule has 4 atom stereocenters. The number of para-hydroxylation sites is 2. The van der Waals surface area contributed by atoms with Crippen molar-refractivity contribution in [2.24, 2.45) is 9.98 Å². The van der Waals surface area contributed by atoms with E-state index in [0.717, 1.165) is 0 Å². The maximum absolute atomic E-state index is 11.8. The van der Waals surface area contributed by atoms with Crippen LogP contribution in [-0.2, 0) is 19.7 Å². The number of fused-ring (bicyclic) bond motifs is 3. The number of benzene rings is 1. The first kappa shape index (κ1) is 20.7. The number of aromatic nitrogens is 2. The molecule has 1 aromatic heterocycles. The lowest BCUT2D eigenvalue weighted by Crippen LogP contribution is -2.17. The van der Waals surface area contributed by atoms with Crippen molar-refractivity contribution in [1.82, 2.24) is 9.97 Å². The first-order valence-electron chi connectivity index (χ1n) is 9.94. The molecule has 14 heteroatoms. The first-order valence-corrected chi connectivity index (χ1v) is 15.3. The topological polar surface area (TPSA) is 143 Å². The van der Waals surface area contributed by atoms with Crippen molar-refractivity contribution in [3.63, 3.8) is 0 Å². The smallest absolute Gasteiger partial charge is 0.176 e. The molecule has 6 rings (SSSR count). The quantitative estimate of drug-likeness (QED) is 0.600. The average Bonchev–Trinajstić information content (AvgIpc) is 3.38. The molecule has 2 aromatic rings. The van der Waals surface area contributed by atoms with Crippen molar-refractivity contribution in [3.05, 3.63) is 24.3 Å². The lowest BCUT2D eigenvalue weighted by molar-refractivity contribution is 0.599. The summed E-state index contributed by atoms with van der Waals surface area (Å²) in [7, 11) is -6.06. The number of hydrogen-bond acceptors (Lipinski definition) is 12. The molecule has 0 amide bonds. The molecule has 2 saturated heterocycles. The van der Waals surface area contributed by atoms with Crippen LogP contribution in [0.4, 0.5) is 11.6 Å². The predicted molar refractivity (Wildman–Crippen MR) is 129 cm³/mol. The van der Waals surface area contributed by atoms with Crippen LogP contribution in [-0.4, -0.2) is 82.7 Å². The SMILES string of the molecule is O=S1(=O)C[C@@H]2N=C(Nc3nc4ccccc4nc3NC3=N[C@@H]4CS(=O)(=O)C[C@@H]4S3)S[C@H]2C1. The van der Waals surface area contributed by atoms with Crippen LogP contribution in [0.25, 0.3) is 11.0 Å². The van der Waals surface area contributed by atoms with Gasteiger partial charge in [0, 0.05) is 10.5 Å². The van der Waals surface area contributed by atoms with Crippen LogP contribution in [0.1, 0.15) is 0 Å². The standard InChI is InChI=1S/C18H18N6O4S4/c25-31(26)5-11-13(7-31)29-17(21-11)23-15-16(20-10-4-2-1-3-9(10)19-15)24-18-22-12-6-32(27,28)8-14(12)30-18/h1-4,11-14H,5-8H2,(H,19,21,23)(H,20,22,24)/t11-,12+,13-,14-/m0/s1. The second kappa shape index (κ2) is 7.30. The predicted octanol–water partition coefficient (Wildman–Crippen LogP) is 0.990. The van der Waals surface area contributed by atoms with Gasteiger partial charge >= 0.3 is 0 Å². The molecule has 2 fully saturated rings. The van der Waals surface area contributed by atoms with Gasteiger partial charge < -0.3 is 10.6 Å². The van der Waals surface area contributed by atoms with Gasteiger partial charge in [-0.15, -0.1) is 0 Å². The van der Waals surface area contributed by atoms with Crippen molar-refractivity contribution >= 4 is 76.2 Å². The molecule has 0 unspecified atom stereocenters. The van der Waals surface area contributed by atoms with E-state index >= 15 is 0 Å². The monoisotopic (exact) mass is 510 g/mol. The molecule has 0 bridgehead atoms. The van der Waals surface area contributed by atoms with E-state index in [2.05, 4.69) is 30.6 Å². The summed E-state index contributed by atoms with van der Waals surface area (Å²) in [5.41, 5.74) is 1.41. The molecular weight excluding hydrogens is 493 g/mol. The van der Waals surface area contributed by atoms with E-state index in [1.807, 2.05) is 24.3 Å². The van der Waals surface area contributed by atoms with E-state index in [9.17, 15) is 16.8 Å². The Labute approximate surface area is 193 Å². The number of hydrogen-bond donors (Lipinski definition) is 2. The molecular formula is C18H18N6O4S4. The van der Waals surface area contributed by atoms with E-state index in [-0.39, 0.29) is 45.6 Å². The zero-order valence-corrected chi connectivity index (χ0v) is 19.8. The maximum Gasteiger partial charge on any atom is 0.176 e. The third-order valence-electron chi connectivity index (χ3n) is 5.66. The highest BCUT2D eigenvalue weighted by molar-refractivity contribution is 8.16. The fourth-order valence-electron chi connectivity index (χ4n) is 4.21. The zero-order chi connectivity index (χ0) is 22.1. The Balaban J connectivity index is 1.29. The van der Waals surface area contributed by atoms with Crippen LogP contribution in [0.3, 0.4) is 0 Å². The first-order chi connectivity index (χ1) is 15.2. The minimum Gasteiger partial charge on any atom is -0.317 e. The van der Waals surface area contributed by atoms with Crippen molar-refractivity contribution < 1.29 is 16.8 Å². The lowest BCUT2D eigenvalue weighted by Gasteiger charge is -2.13. The van der Waals surface area contributed by atoms with Crippen LogP contribution in [0, 0.1) is 0 Å². The third kappa shape index (κ3) is 3.86. The molecule has 10 nitrogen and oxygen atoms in total. The summed E-state index contributed by atoms with van der Waals surface area (Å²) in [6.07, 6.45) is 0. The van der Waals surface area contributed by atoms with Crippen LogP contribution >= 0.6 is 23.5 Å². The highest BCUT2D eigenvalue weighted by Gasteiger charge is 2.44. The molecule has 4 aliphatic heterocycles. The molecule has 0 saturated carbocycles. The van der Waals surface area contributed by atoms with Crippen molar-refractivity contribution in [3.8, 4) is 0 Å². The third-order valence-corrected chi connectivity index (χ3v) is 11.9. The summed E-state index contributed by atoms with van der Waals surface area (Å²) in [5.74, 6) is 1.33. The molecule has 0 radical (unpaired) electrons. The number of aliphatic imine (C=N–C) groups is 2. The summed E-state index contributed by atoms with van der Waals surface area (Å²) in [4.78, 5) is 18.5. The number of amidine groups is 2. The molecule has 2 N–H and O–H groups in total. The van der Waals surface area contributed by atoms with Gasteiger partial charge in [0.25, 0.3) is 0 Å². The van der Waals surface area contributed by atoms with Gasteiger partial charge in [-0.3, -0.25) is 9.98 Å². The fraction of sp³-hybridized carbons (Fsp3) is 0.444. The molecule has 0 spiro atoms. The summed E-state index contributed by atoms with van der Waals surface area (Å²) in [6, 6.07) is 6.99. The highest BCUT2D eigenvalue weighted by atomic mass is 32.2. The lowest BCUT2D eigenvalue weighted by atomic mass is 10.3. The van der Waals surface area contributed by atoms with Gasteiger partial charge in [0.15, 0.2) is 41.6 Å². The number of anilines is 2. The number of rotatable bonds is 2. The Morgan fingerprint density at radius 3 is 1.56 bits per heavy atom. The van der Waals surface area contributed by atoms with Gasteiger partial charge in [0.05, 0.1) is 46.1 Å². The van der Waals surface area contributed by atoms with Crippen molar-refractivity contribution in [2.45, 2.75) is 22.6 Å². The second-order valence-electron chi connectivity index (χ2n) is 8.13. The molecule has 0 aliphatic carbocycles. The van der Waals surface area contributed by atoms with Gasteiger partial charge in [-0.05, 0) is 12.1 Å². The maximum atomic E-state index is 11.8.